The van der Waals surface area contributed by atoms with E-state index in [1.54, 1.807) is 24.1 Å². The number of hydrogen-bond acceptors (Lipinski definition) is 5. The molecular weight excluding hydrogens is 406 g/mol. The fourth-order valence-electron chi connectivity index (χ4n) is 4.54. The number of urea groups is 1. The SMILES string of the molecule is COc1cccc(C2CC3(ON2C(C)C)C(=O)N(c2ccccc2)C(=O)N3CC(C)C)c1. The van der Waals surface area contributed by atoms with Crippen LogP contribution in [0.4, 0.5) is 10.5 Å². The van der Waals surface area contributed by atoms with Gasteiger partial charge in [0.15, 0.2) is 0 Å². The van der Waals surface area contributed by atoms with Crippen molar-refractivity contribution in [3.8, 4) is 5.75 Å². The summed E-state index contributed by atoms with van der Waals surface area (Å²) >= 11 is 0. The van der Waals surface area contributed by atoms with E-state index in [-0.39, 0.29) is 29.9 Å². The lowest BCUT2D eigenvalue weighted by atomic mass is 9.96. The van der Waals surface area contributed by atoms with Crippen molar-refractivity contribution >= 4 is 17.6 Å². The third kappa shape index (κ3) is 3.65. The second-order valence-corrected chi connectivity index (χ2v) is 9.09. The fourth-order valence-corrected chi connectivity index (χ4v) is 4.54. The van der Waals surface area contributed by atoms with Crippen LogP contribution >= 0.6 is 0 Å². The van der Waals surface area contributed by atoms with Gasteiger partial charge in [0, 0.05) is 19.0 Å². The minimum absolute atomic E-state index is 0.000142. The van der Waals surface area contributed by atoms with Crippen molar-refractivity contribution in [3.05, 3.63) is 60.2 Å². The van der Waals surface area contributed by atoms with Crippen molar-refractivity contribution in [1.29, 1.82) is 0 Å². The molecule has 7 heteroatoms. The van der Waals surface area contributed by atoms with Crippen molar-refractivity contribution in [2.45, 2.75) is 51.9 Å². The van der Waals surface area contributed by atoms with Crippen molar-refractivity contribution in [3.63, 3.8) is 0 Å². The molecular formula is C25H31N3O4. The standard InChI is InChI=1S/C25H31N3O4/c1-17(2)16-26-24(30)27(20-11-7-6-8-12-20)23(29)25(26)15-22(28(32-25)18(3)4)19-10-9-13-21(14-19)31-5/h6-14,17-18,22H,15-16H2,1-5H3. The van der Waals surface area contributed by atoms with Crippen LogP contribution in [0, 0.1) is 5.92 Å². The van der Waals surface area contributed by atoms with E-state index in [0.717, 1.165) is 11.3 Å². The minimum Gasteiger partial charge on any atom is -0.497 e. The summed E-state index contributed by atoms with van der Waals surface area (Å²) in [4.78, 5) is 36.8. The molecule has 2 aromatic carbocycles. The predicted molar refractivity (Wildman–Crippen MR) is 122 cm³/mol. The highest BCUT2D eigenvalue weighted by atomic mass is 16.7. The van der Waals surface area contributed by atoms with Gasteiger partial charge in [0.25, 0.3) is 5.91 Å². The fraction of sp³-hybridized carbons (Fsp3) is 0.440. The molecule has 32 heavy (non-hydrogen) atoms. The molecule has 0 N–H and O–H groups in total. The first kappa shape index (κ1) is 22.3. The molecule has 2 fully saturated rings. The molecule has 2 heterocycles. The quantitative estimate of drug-likeness (QED) is 0.618. The van der Waals surface area contributed by atoms with Crippen LogP contribution in [0.25, 0.3) is 0 Å². The van der Waals surface area contributed by atoms with Crippen LogP contribution in [0.1, 0.15) is 45.7 Å². The van der Waals surface area contributed by atoms with Crippen LogP contribution in [-0.2, 0) is 9.63 Å². The van der Waals surface area contributed by atoms with E-state index in [1.807, 2.05) is 75.2 Å². The number of para-hydroxylation sites is 1. The molecule has 4 rings (SSSR count). The molecule has 0 aliphatic carbocycles. The Bertz CT molecular complexity index is 994. The third-order valence-electron chi connectivity index (χ3n) is 5.98. The minimum atomic E-state index is -1.38. The molecule has 2 aromatic rings. The zero-order valence-electron chi connectivity index (χ0n) is 19.3. The van der Waals surface area contributed by atoms with Gasteiger partial charge in [0.1, 0.15) is 5.75 Å². The topological polar surface area (TPSA) is 62.3 Å². The van der Waals surface area contributed by atoms with Crippen LogP contribution in [0.15, 0.2) is 54.6 Å². The highest BCUT2D eigenvalue weighted by Gasteiger charge is 2.65. The maximum atomic E-state index is 13.9. The summed E-state index contributed by atoms with van der Waals surface area (Å²) in [6.45, 7) is 8.53. The molecule has 2 unspecified atom stereocenters. The van der Waals surface area contributed by atoms with Gasteiger partial charge < -0.3 is 4.74 Å². The van der Waals surface area contributed by atoms with Crippen LogP contribution < -0.4 is 9.64 Å². The number of ether oxygens (including phenoxy) is 1. The summed E-state index contributed by atoms with van der Waals surface area (Å²) < 4.78 is 5.41. The summed E-state index contributed by atoms with van der Waals surface area (Å²) in [5.41, 5.74) is 0.158. The zero-order chi connectivity index (χ0) is 23.0. The Labute approximate surface area is 189 Å². The first-order valence-electron chi connectivity index (χ1n) is 11.1. The molecule has 2 aliphatic heterocycles. The van der Waals surface area contributed by atoms with Gasteiger partial charge in [-0.2, -0.15) is 5.06 Å². The number of anilines is 1. The van der Waals surface area contributed by atoms with Gasteiger partial charge in [-0.3, -0.25) is 14.5 Å². The van der Waals surface area contributed by atoms with E-state index < -0.39 is 5.72 Å². The highest BCUT2D eigenvalue weighted by Crippen LogP contribution is 2.48. The monoisotopic (exact) mass is 437 g/mol. The summed E-state index contributed by atoms with van der Waals surface area (Å²) in [5.74, 6) is 0.572. The first-order chi connectivity index (χ1) is 15.3. The second-order valence-electron chi connectivity index (χ2n) is 9.09. The van der Waals surface area contributed by atoms with Gasteiger partial charge in [0.2, 0.25) is 5.72 Å². The van der Waals surface area contributed by atoms with E-state index in [1.165, 1.54) is 4.90 Å². The van der Waals surface area contributed by atoms with Gasteiger partial charge in [-0.15, -0.1) is 0 Å². The van der Waals surface area contributed by atoms with E-state index in [4.69, 9.17) is 9.57 Å². The lowest BCUT2D eigenvalue weighted by Crippen LogP contribution is -2.51. The Hall–Kier alpha value is -2.90. The van der Waals surface area contributed by atoms with Gasteiger partial charge >= 0.3 is 6.03 Å². The zero-order valence-corrected chi connectivity index (χ0v) is 19.3. The second kappa shape index (κ2) is 8.56. The summed E-state index contributed by atoms with van der Waals surface area (Å²) in [6, 6.07) is 16.3. The molecule has 1 spiro atoms. The Morgan fingerprint density at radius 1 is 1.06 bits per heavy atom. The average Bonchev–Trinajstić information content (AvgIpc) is 3.28. The molecule has 2 atom stereocenters. The Morgan fingerprint density at radius 2 is 1.78 bits per heavy atom. The number of methoxy groups -OCH3 is 1. The first-order valence-corrected chi connectivity index (χ1v) is 11.1. The smallest absolute Gasteiger partial charge is 0.334 e. The lowest BCUT2D eigenvalue weighted by Gasteiger charge is -2.32. The molecule has 2 saturated heterocycles. The maximum absolute atomic E-state index is 13.9. The van der Waals surface area contributed by atoms with E-state index in [0.29, 0.717) is 18.7 Å². The molecule has 7 nitrogen and oxygen atoms in total. The van der Waals surface area contributed by atoms with Crippen molar-refractivity contribution in [2.75, 3.05) is 18.6 Å². The van der Waals surface area contributed by atoms with Crippen LogP contribution in [0.2, 0.25) is 0 Å². The summed E-state index contributed by atoms with van der Waals surface area (Å²) in [5, 5.41) is 1.85. The van der Waals surface area contributed by atoms with Crippen LogP contribution in [0.3, 0.4) is 0 Å². The van der Waals surface area contributed by atoms with E-state index in [9.17, 15) is 9.59 Å². The van der Waals surface area contributed by atoms with Crippen LogP contribution in [0.5, 0.6) is 5.75 Å². The van der Waals surface area contributed by atoms with E-state index in [2.05, 4.69) is 0 Å². The third-order valence-corrected chi connectivity index (χ3v) is 5.98. The van der Waals surface area contributed by atoms with Crippen LogP contribution in [-0.4, -0.2) is 47.3 Å². The molecule has 0 aromatic heterocycles. The van der Waals surface area contributed by atoms with Crippen molar-refractivity contribution < 1.29 is 19.2 Å². The normalized spacial score (nSPS) is 23.9. The number of nitrogens with zero attached hydrogens (tertiary/aromatic N) is 3. The predicted octanol–water partition coefficient (Wildman–Crippen LogP) is 4.60. The summed E-state index contributed by atoms with van der Waals surface area (Å²) in [6.07, 6.45) is 0.346. The number of hydroxylamine groups is 2. The number of hydrogen-bond donors (Lipinski definition) is 0. The van der Waals surface area contributed by atoms with Gasteiger partial charge in [-0.05, 0) is 49.6 Å². The Morgan fingerprint density at radius 3 is 2.41 bits per heavy atom. The molecule has 170 valence electrons. The number of imide groups is 1. The number of rotatable bonds is 6. The number of carbonyl (C=O) groups is 2. The molecule has 0 radical (unpaired) electrons. The lowest BCUT2D eigenvalue weighted by molar-refractivity contribution is -0.245. The van der Waals surface area contributed by atoms with E-state index >= 15 is 0 Å². The Balaban J connectivity index is 1.79. The molecule has 0 saturated carbocycles. The van der Waals surface area contributed by atoms with Gasteiger partial charge in [-0.1, -0.05) is 44.2 Å². The maximum Gasteiger partial charge on any atom is 0.334 e. The largest absolute Gasteiger partial charge is 0.497 e. The van der Waals surface area contributed by atoms with Gasteiger partial charge in [-0.25, -0.2) is 9.69 Å². The average molecular weight is 438 g/mol. The number of carbonyl (C=O) groups excluding carboxylic acids is 2. The van der Waals surface area contributed by atoms with Crippen molar-refractivity contribution in [2.24, 2.45) is 5.92 Å². The van der Waals surface area contributed by atoms with Crippen molar-refractivity contribution in [1.82, 2.24) is 9.96 Å². The molecule has 0 bridgehead atoms. The van der Waals surface area contributed by atoms with Gasteiger partial charge in [0.05, 0.1) is 18.8 Å². The highest BCUT2D eigenvalue weighted by molar-refractivity contribution is 6.22. The molecule has 3 amide bonds. The molecule has 2 aliphatic rings. The Kier molecular flexibility index (Phi) is 5.97. The summed E-state index contributed by atoms with van der Waals surface area (Å²) in [7, 11) is 1.63. The number of benzene rings is 2. The number of amides is 3.